The number of likely N-dealkylation sites (N-methyl/N-ethyl adjacent to an activating group) is 2. The number of rotatable bonds is 7. The Balaban J connectivity index is 2.63. The molecule has 1 aromatic carbocycles. The molecule has 0 spiro atoms. The zero-order chi connectivity index (χ0) is 15.0. The standard InChI is InChI=1S/C15H20N2O3/c1-3-17(11-14(18)16-2)10-13-6-4-12(5-7-13)8-9-15(19)20/h4-9H,3,10-11H2,1-2H3,(H,16,18)(H,19,20). The van der Waals surface area contributed by atoms with Crippen LogP contribution in [-0.2, 0) is 16.1 Å². The highest BCUT2D eigenvalue weighted by molar-refractivity contribution is 5.85. The number of carboxylic acids is 1. The third-order valence-electron chi connectivity index (χ3n) is 2.90. The monoisotopic (exact) mass is 276 g/mol. The third kappa shape index (κ3) is 5.67. The molecule has 1 amide bonds. The Morgan fingerprint density at radius 1 is 1.30 bits per heavy atom. The van der Waals surface area contributed by atoms with Crippen LogP contribution in [0.1, 0.15) is 18.1 Å². The molecule has 0 aliphatic carbocycles. The van der Waals surface area contributed by atoms with Crippen molar-refractivity contribution in [2.75, 3.05) is 20.1 Å². The van der Waals surface area contributed by atoms with Crippen molar-refractivity contribution in [2.24, 2.45) is 0 Å². The van der Waals surface area contributed by atoms with Crippen LogP contribution in [0.4, 0.5) is 0 Å². The maximum Gasteiger partial charge on any atom is 0.328 e. The summed E-state index contributed by atoms with van der Waals surface area (Å²) in [5.74, 6) is -0.968. The van der Waals surface area contributed by atoms with E-state index in [2.05, 4.69) is 5.32 Å². The van der Waals surface area contributed by atoms with Crippen LogP contribution in [0, 0.1) is 0 Å². The van der Waals surface area contributed by atoms with Gasteiger partial charge in [0.1, 0.15) is 0 Å². The van der Waals surface area contributed by atoms with E-state index in [4.69, 9.17) is 5.11 Å². The molecule has 5 heteroatoms. The first kappa shape index (κ1) is 15.9. The zero-order valence-corrected chi connectivity index (χ0v) is 11.8. The number of benzene rings is 1. The van der Waals surface area contributed by atoms with E-state index in [-0.39, 0.29) is 5.91 Å². The highest BCUT2D eigenvalue weighted by Crippen LogP contribution is 2.09. The van der Waals surface area contributed by atoms with Gasteiger partial charge in [-0.05, 0) is 23.7 Å². The van der Waals surface area contributed by atoms with Gasteiger partial charge in [-0.1, -0.05) is 31.2 Å². The van der Waals surface area contributed by atoms with Crippen LogP contribution in [-0.4, -0.2) is 42.0 Å². The molecule has 0 aliphatic heterocycles. The molecule has 0 aliphatic rings. The first-order chi connectivity index (χ1) is 9.55. The molecule has 0 radical (unpaired) electrons. The Hall–Kier alpha value is -2.14. The highest BCUT2D eigenvalue weighted by Gasteiger charge is 2.07. The lowest BCUT2D eigenvalue weighted by Crippen LogP contribution is -2.35. The van der Waals surface area contributed by atoms with E-state index in [1.165, 1.54) is 0 Å². The minimum absolute atomic E-state index is 0.00661. The van der Waals surface area contributed by atoms with E-state index in [1.54, 1.807) is 13.1 Å². The quantitative estimate of drug-likeness (QED) is 0.738. The average Bonchev–Trinajstić information content (AvgIpc) is 2.45. The topological polar surface area (TPSA) is 69.6 Å². The number of nitrogens with zero attached hydrogens (tertiary/aromatic N) is 1. The fraction of sp³-hybridized carbons (Fsp3) is 0.333. The molecule has 108 valence electrons. The second kappa shape index (κ2) is 8.12. The van der Waals surface area contributed by atoms with Crippen LogP contribution in [0.2, 0.25) is 0 Å². The van der Waals surface area contributed by atoms with Gasteiger partial charge in [0.15, 0.2) is 0 Å². The summed E-state index contributed by atoms with van der Waals surface area (Å²) < 4.78 is 0. The zero-order valence-electron chi connectivity index (χ0n) is 11.8. The summed E-state index contributed by atoms with van der Waals surface area (Å²) in [6, 6.07) is 7.60. The molecule has 0 saturated carbocycles. The summed E-state index contributed by atoms with van der Waals surface area (Å²) >= 11 is 0. The lowest BCUT2D eigenvalue weighted by Gasteiger charge is -2.19. The van der Waals surface area contributed by atoms with Gasteiger partial charge < -0.3 is 10.4 Å². The normalized spacial score (nSPS) is 10.9. The van der Waals surface area contributed by atoms with Crippen molar-refractivity contribution in [1.82, 2.24) is 10.2 Å². The summed E-state index contributed by atoms with van der Waals surface area (Å²) in [6.07, 6.45) is 2.66. The van der Waals surface area contributed by atoms with Crippen molar-refractivity contribution >= 4 is 18.0 Å². The largest absolute Gasteiger partial charge is 0.478 e. The van der Waals surface area contributed by atoms with Gasteiger partial charge in [-0.25, -0.2) is 4.79 Å². The Morgan fingerprint density at radius 3 is 2.45 bits per heavy atom. The first-order valence-corrected chi connectivity index (χ1v) is 6.48. The van der Waals surface area contributed by atoms with Crippen molar-refractivity contribution in [3.8, 4) is 0 Å². The Labute approximate surface area is 118 Å². The highest BCUT2D eigenvalue weighted by atomic mass is 16.4. The fourth-order valence-electron chi connectivity index (χ4n) is 1.72. The van der Waals surface area contributed by atoms with Crippen molar-refractivity contribution in [2.45, 2.75) is 13.5 Å². The lowest BCUT2D eigenvalue weighted by atomic mass is 10.1. The van der Waals surface area contributed by atoms with E-state index in [0.29, 0.717) is 13.1 Å². The molecule has 20 heavy (non-hydrogen) atoms. The molecule has 0 bridgehead atoms. The molecule has 5 nitrogen and oxygen atoms in total. The van der Waals surface area contributed by atoms with Crippen molar-refractivity contribution in [3.05, 3.63) is 41.5 Å². The first-order valence-electron chi connectivity index (χ1n) is 6.48. The summed E-state index contributed by atoms with van der Waals surface area (Å²) in [5, 5.41) is 11.2. The number of amides is 1. The van der Waals surface area contributed by atoms with Crippen molar-refractivity contribution in [3.63, 3.8) is 0 Å². The van der Waals surface area contributed by atoms with Gasteiger partial charge in [0.05, 0.1) is 6.54 Å². The number of carbonyl (C=O) groups is 2. The van der Waals surface area contributed by atoms with Crippen LogP contribution in [0.3, 0.4) is 0 Å². The molecule has 1 rings (SSSR count). The minimum atomic E-state index is -0.961. The SMILES string of the molecule is CCN(CC(=O)NC)Cc1ccc(C=CC(=O)O)cc1. The predicted octanol–water partition coefficient (Wildman–Crippen LogP) is 1.35. The predicted molar refractivity (Wildman–Crippen MR) is 78.1 cm³/mol. The number of carboxylic acid groups (broad SMARTS) is 1. The van der Waals surface area contributed by atoms with Crippen molar-refractivity contribution in [1.29, 1.82) is 0 Å². The molecule has 0 aromatic heterocycles. The van der Waals surface area contributed by atoms with Crippen LogP contribution >= 0.6 is 0 Å². The second-order valence-corrected chi connectivity index (χ2v) is 4.39. The maximum absolute atomic E-state index is 11.4. The number of nitrogens with one attached hydrogen (secondary N) is 1. The second-order valence-electron chi connectivity index (χ2n) is 4.39. The summed E-state index contributed by atoms with van der Waals surface area (Å²) in [5.41, 5.74) is 1.92. The minimum Gasteiger partial charge on any atom is -0.478 e. The molecule has 2 N–H and O–H groups in total. The Bertz CT molecular complexity index is 480. The average molecular weight is 276 g/mol. The smallest absolute Gasteiger partial charge is 0.328 e. The lowest BCUT2D eigenvalue weighted by molar-refractivity contribution is -0.131. The Kier molecular flexibility index (Phi) is 6.46. The molecular formula is C15H20N2O3. The van der Waals surface area contributed by atoms with Gasteiger partial charge in [-0.15, -0.1) is 0 Å². The van der Waals surface area contributed by atoms with E-state index in [1.807, 2.05) is 36.1 Å². The third-order valence-corrected chi connectivity index (χ3v) is 2.90. The van der Waals surface area contributed by atoms with Gasteiger partial charge in [0, 0.05) is 19.7 Å². The fourth-order valence-corrected chi connectivity index (χ4v) is 1.72. The van der Waals surface area contributed by atoms with Gasteiger partial charge in [0.25, 0.3) is 0 Å². The van der Waals surface area contributed by atoms with Gasteiger partial charge in [-0.2, -0.15) is 0 Å². The number of aliphatic carboxylic acids is 1. The summed E-state index contributed by atoms with van der Waals surface area (Å²) in [6.45, 7) is 3.85. The molecule has 0 fully saturated rings. The molecule has 0 saturated heterocycles. The van der Waals surface area contributed by atoms with Gasteiger partial charge in [0.2, 0.25) is 5.91 Å². The summed E-state index contributed by atoms with van der Waals surface area (Å²) in [7, 11) is 1.62. The van der Waals surface area contributed by atoms with E-state index in [9.17, 15) is 9.59 Å². The van der Waals surface area contributed by atoms with Crippen LogP contribution in [0.25, 0.3) is 6.08 Å². The van der Waals surface area contributed by atoms with Crippen LogP contribution in [0.5, 0.6) is 0 Å². The molecule has 1 aromatic rings. The van der Waals surface area contributed by atoms with Gasteiger partial charge >= 0.3 is 5.97 Å². The van der Waals surface area contributed by atoms with E-state index in [0.717, 1.165) is 23.7 Å². The van der Waals surface area contributed by atoms with Crippen LogP contribution in [0.15, 0.2) is 30.3 Å². The number of carbonyl (C=O) groups excluding carboxylic acids is 1. The molecule has 0 unspecified atom stereocenters. The Morgan fingerprint density at radius 2 is 1.95 bits per heavy atom. The number of hydrogen-bond acceptors (Lipinski definition) is 3. The van der Waals surface area contributed by atoms with E-state index >= 15 is 0 Å². The summed E-state index contributed by atoms with van der Waals surface area (Å²) in [4.78, 5) is 23.8. The maximum atomic E-state index is 11.4. The number of hydrogen-bond donors (Lipinski definition) is 2. The van der Waals surface area contributed by atoms with Crippen LogP contribution < -0.4 is 5.32 Å². The molecule has 0 atom stereocenters. The molecule has 0 heterocycles. The van der Waals surface area contributed by atoms with Crippen molar-refractivity contribution < 1.29 is 14.7 Å². The van der Waals surface area contributed by atoms with E-state index < -0.39 is 5.97 Å². The van der Waals surface area contributed by atoms with Gasteiger partial charge in [-0.3, -0.25) is 9.69 Å². The molecular weight excluding hydrogens is 256 g/mol.